The van der Waals surface area contributed by atoms with Crippen molar-refractivity contribution in [2.24, 2.45) is 58.2 Å². The monoisotopic (exact) mass is 421 g/mol. The predicted molar refractivity (Wildman–Crippen MR) is 107 cm³/mol. The third-order valence-corrected chi connectivity index (χ3v) is 10.9. The number of hydrogen-bond donors (Lipinski definition) is 0. The summed E-state index contributed by atoms with van der Waals surface area (Å²) < 4.78 is 0. The lowest BCUT2D eigenvalue weighted by atomic mass is 9.58. The topological polar surface area (TPSA) is 91.8 Å². The molecule has 2 aliphatic heterocycles. The maximum Gasteiger partial charge on any atom is 0.256 e. The van der Waals surface area contributed by atoms with Gasteiger partial charge < -0.3 is 4.81 Å². The predicted octanol–water partition coefficient (Wildman–Crippen LogP) is 0.901. The Bertz CT molecular complexity index is 1010. The number of nitrogens with zero attached hydrogens (tertiary/aromatic N) is 2. The maximum atomic E-state index is 14.3. The number of ketones is 1. The summed E-state index contributed by atoms with van der Waals surface area (Å²) in [4.78, 5) is 68.2. The molecule has 2 heterocycles. The maximum absolute atomic E-state index is 14.3. The van der Waals surface area contributed by atoms with Gasteiger partial charge in [0.05, 0.1) is 23.7 Å². The number of carbonyl (C=O) groups is 5. The average molecular weight is 421 g/mol. The number of likely N-dealkylation sites (tertiary alicyclic amines) is 1. The summed E-state index contributed by atoms with van der Waals surface area (Å²) in [6.45, 7) is 1.72. The van der Waals surface area contributed by atoms with Crippen LogP contribution >= 0.6 is 0 Å². The molecule has 7 aliphatic rings. The second kappa shape index (κ2) is 5.32. The molecule has 7 nitrogen and oxygen atoms in total. The normalized spacial score (nSPS) is 53.8. The van der Waals surface area contributed by atoms with Crippen molar-refractivity contribution in [3.63, 3.8) is 0 Å². The largest absolute Gasteiger partial charge is 0.334 e. The molecule has 1 radical (unpaired) electrons. The van der Waals surface area contributed by atoms with Crippen LogP contribution in [0.4, 0.5) is 0 Å². The molecule has 0 N–H and O–H groups in total. The zero-order valence-corrected chi connectivity index (χ0v) is 17.9. The summed E-state index contributed by atoms with van der Waals surface area (Å²) in [6, 6.07) is 0. The van der Waals surface area contributed by atoms with Crippen LogP contribution < -0.4 is 0 Å². The Morgan fingerprint density at radius 3 is 1.74 bits per heavy atom. The minimum atomic E-state index is -0.511. The summed E-state index contributed by atoms with van der Waals surface area (Å²) in [5, 5.41) is 0. The molecule has 10 atom stereocenters. The third kappa shape index (κ3) is 1.72. The van der Waals surface area contributed by atoms with E-state index in [1.54, 1.807) is 21.3 Å². The van der Waals surface area contributed by atoms with Crippen molar-refractivity contribution in [3.05, 3.63) is 0 Å². The van der Waals surface area contributed by atoms with Gasteiger partial charge in [-0.05, 0) is 62.2 Å². The molecule has 5 aliphatic carbocycles. The molecule has 7 unspecified atom stereocenters. The SMILES string of the molecule is C[B]N1C(=O)C2C3C[C@H](C2C1=O)[C@@]1(CCC2(CC4C[C@@H]2C2C(=O)N(C)C(=O)C42)C1=O)C3. The molecule has 8 heteroatoms. The lowest BCUT2D eigenvalue weighted by Crippen LogP contribution is -2.48. The number of imide groups is 2. The Morgan fingerprint density at radius 1 is 0.742 bits per heavy atom. The molecule has 31 heavy (non-hydrogen) atoms. The van der Waals surface area contributed by atoms with Crippen LogP contribution in [0.15, 0.2) is 0 Å². The van der Waals surface area contributed by atoms with E-state index in [4.69, 9.17) is 0 Å². The van der Waals surface area contributed by atoms with E-state index in [-0.39, 0.29) is 76.8 Å². The number of fused-ring (bicyclic) bond motifs is 12. The highest BCUT2D eigenvalue weighted by Gasteiger charge is 2.78. The summed E-state index contributed by atoms with van der Waals surface area (Å²) in [5.74, 6) is -1.11. The Kier molecular flexibility index (Phi) is 3.19. The van der Waals surface area contributed by atoms with Crippen LogP contribution in [-0.2, 0) is 24.0 Å². The zero-order valence-electron chi connectivity index (χ0n) is 17.9. The molecule has 5 saturated carbocycles. The van der Waals surface area contributed by atoms with E-state index < -0.39 is 10.8 Å². The molecule has 0 aromatic carbocycles. The van der Waals surface area contributed by atoms with Gasteiger partial charge in [0.25, 0.3) is 7.41 Å². The van der Waals surface area contributed by atoms with Gasteiger partial charge in [-0.1, -0.05) is 6.82 Å². The Hall–Kier alpha value is -1.99. The molecule has 0 aromatic heterocycles. The highest BCUT2D eigenvalue weighted by molar-refractivity contribution is 6.43. The number of Topliss-reactive ketones (excluding diaryl/α,β-unsaturated/α-hetero) is 1. The number of carbonyl (C=O) groups excluding carboxylic acids is 5. The molecular weight excluding hydrogens is 395 g/mol. The molecule has 2 saturated heterocycles. The van der Waals surface area contributed by atoms with E-state index in [1.807, 2.05) is 0 Å². The van der Waals surface area contributed by atoms with Gasteiger partial charge in [0.15, 0.2) is 0 Å². The fourth-order valence-corrected chi connectivity index (χ4v) is 9.99. The van der Waals surface area contributed by atoms with Gasteiger partial charge in [0, 0.05) is 17.9 Å². The van der Waals surface area contributed by atoms with E-state index in [2.05, 4.69) is 0 Å². The minimum Gasteiger partial charge on any atom is -0.334 e. The van der Waals surface area contributed by atoms with Crippen LogP contribution in [0.2, 0.25) is 6.82 Å². The van der Waals surface area contributed by atoms with Crippen LogP contribution in [-0.4, -0.2) is 53.6 Å². The number of amides is 4. The van der Waals surface area contributed by atoms with E-state index in [1.165, 1.54) is 9.71 Å². The first-order valence-corrected chi connectivity index (χ1v) is 11.8. The number of hydrogen-bond acceptors (Lipinski definition) is 5. The number of rotatable bonds is 1. The summed E-state index contributed by atoms with van der Waals surface area (Å²) in [7, 11) is 3.14. The summed E-state index contributed by atoms with van der Waals surface area (Å²) >= 11 is 0. The van der Waals surface area contributed by atoms with Crippen molar-refractivity contribution in [1.29, 1.82) is 0 Å². The van der Waals surface area contributed by atoms with Crippen LogP contribution in [0.5, 0.6) is 0 Å². The minimum absolute atomic E-state index is 0.0351. The van der Waals surface area contributed by atoms with Crippen LogP contribution in [0.25, 0.3) is 0 Å². The highest BCUT2D eigenvalue weighted by Crippen LogP contribution is 2.75. The molecule has 0 aromatic rings. The van der Waals surface area contributed by atoms with Gasteiger partial charge >= 0.3 is 0 Å². The first-order chi connectivity index (χ1) is 14.8. The Balaban J connectivity index is 1.24. The van der Waals surface area contributed by atoms with Gasteiger partial charge in [-0.15, -0.1) is 0 Å². The lowest BCUT2D eigenvalue weighted by molar-refractivity contribution is -0.145. The van der Waals surface area contributed by atoms with E-state index in [0.29, 0.717) is 6.42 Å². The fraction of sp³-hybridized carbons (Fsp3) is 0.783. The van der Waals surface area contributed by atoms with Crippen LogP contribution in [0, 0.1) is 58.2 Å². The van der Waals surface area contributed by atoms with E-state index in [9.17, 15) is 24.0 Å². The molecule has 7 fully saturated rings. The van der Waals surface area contributed by atoms with Crippen molar-refractivity contribution < 1.29 is 24.0 Å². The fourth-order valence-electron chi connectivity index (χ4n) is 9.99. The van der Waals surface area contributed by atoms with E-state index >= 15 is 0 Å². The first-order valence-electron chi connectivity index (χ1n) is 11.8. The van der Waals surface area contributed by atoms with E-state index in [0.717, 1.165) is 32.1 Å². The lowest BCUT2D eigenvalue weighted by Gasteiger charge is -2.42. The molecular formula is C23H26BN2O5. The first kappa shape index (κ1) is 18.6. The molecule has 7 rings (SSSR count). The van der Waals surface area contributed by atoms with Crippen molar-refractivity contribution >= 4 is 36.8 Å². The van der Waals surface area contributed by atoms with Gasteiger partial charge in [0.2, 0.25) is 23.6 Å². The summed E-state index contributed by atoms with van der Waals surface area (Å²) in [6.07, 6.45) is 4.58. The third-order valence-electron chi connectivity index (χ3n) is 10.9. The van der Waals surface area contributed by atoms with Gasteiger partial charge in [-0.3, -0.25) is 28.9 Å². The second-order valence-electron chi connectivity index (χ2n) is 11.4. The van der Waals surface area contributed by atoms with Gasteiger partial charge in [-0.2, -0.15) is 0 Å². The molecule has 2 spiro atoms. The molecule has 161 valence electrons. The smallest absolute Gasteiger partial charge is 0.256 e. The van der Waals surface area contributed by atoms with Gasteiger partial charge in [0.1, 0.15) is 5.78 Å². The van der Waals surface area contributed by atoms with Crippen molar-refractivity contribution in [2.75, 3.05) is 7.05 Å². The van der Waals surface area contributed by atoms with Crippen molar-refractivity contribution in [3.8, 4) is 0 Å². The van der Waals surface area contributed by atoms with Crippen molar-refractivity contribution in [2.45, 2.75) is 45.3 Å². The van der Waals surface area contributed by atoms with Gasteiger partial charge in [-0.25, -0.2) is 0 Å². The average Bonchev–Trinajstić information content (AvgIpc) is 3.58. The van der Waals surface area contributed by atoms with Crippen LogP contribution in [0.1, 0.15) is 38.5 Å². The zero-order chi connectivity index (χ0) is 21.6. The summed E-state index contributed by atoms with van der Waals surface area (Å²) in [5.41, 5.74) is -1.02. The Morgan fingerprint density at radius 2 is 1.19 bits per heavy atom. The standard InChI is InChI=1S/C23H26BN2O5/c1-24-26-19(29)14-10-6-12(16(14)20(26)30)23(8-10)4-3-22(21(23)31)7-9-5-11(22)15-13(9)17(27)25(2)18(15)28/h9-16H,3-8H2,1-2H3/t9?,10?,11-,12-,13?,14?,15?,16?,22?,23-/m1/s1. The van der Waals surface area contributed by atoms with Crippen LogP contribution in [0.3, 0.4) is 0 Å². The highest BCUT2D eigenvalue weighted by atomic mass is 16.2. The van der Waals surface area contributed by atoms with Crippen molar-refractivity contribution in [1.82, 2.24) is 9.71 Å². The molecule has 4 bridgehead atoms. The quantitative estimate of drug-likeness (QED) is 0.464. The Labute approximate surface area is 181 Å². The second-order valence-corrected chi connectivity index (χ2v) is 11.4. The molecule has 4 amide bonds.